The van der Waals surface area contributed by atoms with E-state index in [1.165, 1.54) is 5.56 Å². The Morgan fingerprint density at radius 3 is 2.61 bits per heavy atom. The smallest absolute Gasteiger partial charge is 0.0660 e. The summed E-state index contributed by atoms with van der Waals surface area (Å²) in [6.07, 6.45) is 4.28. The van der Waals surface area contributed by atoms with Gasteiger partial charge >= 0.3 is 0 Å². The Kier molecular flexibility index (Phi) is 4.08. The van der Waals surface area contributed by atoms with E-state index in [2.05, 4.69) is 44.2 Å². The molecule has 1 aliphatic rings. The number of ether oxygens (including phenoxy) is 1. The van der Waals surface area contributed by atoms with Crippen molar-refractivity contribution < 1.29 is 4.74 Å². The zero-order chi connectivity index (χ0) is 13.1. The zero-order valence-electron chi connectivity index (χ0n) is 11.6. The quantitative estimate of drug-likeness (QED) is 0.886. The molecule has 1 aromatic carbocycles. The molecule has 1 aliphatic heterocycles. The SMILES string of the molecule is CCC1(C)CC(CCN)(c2ccccc2)CCO1. The van der Waals surface area contributed by atoms with Gasteiger partial charge < -0.3 is 10.5 Å². The van der Waals surface area contributed by atoms with Crippen molar-refractivity contribution in [1.82, 2.24) is 0 Å². The van der Waals surface area contributed by atoms with Gasteiger partial charge in [-0.3, -0.25) is 0 Å². The summed E-state index contributed by atoms with van der Waals surface area (Å²) in [5.74, 6) is 0. The zero-order valence-corrected chi connectivity index (χ0v) is 11.6. The van der Waals surface area contributed by atoms with Gasteiger partial charge in [-0.2, -0.15) is 0 Å². The van der Waals surface area contributed by atoms with Crippen LogP contribution in [0.3, 0.4) is 0 Å². The molecule has 1 heterocycles. The topological polar surface area (TPSA) is 35.2 Å². The molecule has 0 amide bonds. The second kappa shape index (κ2) is 5.41. The van der Waals surface area contributed by atoms with Crippen LogP contribution in [-0.2, 0) is 10.2 Å². The lowest BCUT2D eigenvalue weighted by molar-refractivity contribution is -0.0976. The van der Waals surface area contributed by atoms with Crippen molar-refractivity contribution in [3.8, 4) is 0 Å². The number of benzene rings is 1. The summed E-state index contributed by atoms with van der Waals surface area (Å²) in [5.41, 5.74) is 7.51. The summed E-state index contributed by atoms with van der Waals surface area (Å²) < 4.78 is 6.00. The molecule has 2 unspecified atom stereocenters. The lowest BCUT2D eigenvalue weighted by Crippen LogP contribution is -2.46. The van der Waals surface area contributed by atoms with Gasteiger partial charge in [0.15, 0.2) is 0 Å². The molecule has 2 rings (SSSR count). The second-order valence-corrected chi connectivity index (χ2v) is 5.76. The van der Waals surface area contributed by atoms with Crippen LogP contribution < -0.4 is 5.73 Å². The van der Waals surface area contributed by atoms with Crippen LogP contribution in [0.1, 0.15) is 45.1 Å². The van der Waals surface area contributed by atoms with Crippen molar-refractivity contribution in [3.05, 3.63) is 35.9 Å². The highest BCUT2D eigenvalue weighted by atomic mass is 16.5. The van der Waals surface area contributed by atoms with E-state index in [4.69, 9.17) is 10.5 Å². The first-order valence-corrected chi connectivity index (χ1v) is 7.04. The molecule has 1 aromatic rings. The van der Waals surface area contributed by atoms with Gasteiger partial charge in [0.1, 0.15) is 0 Å². The molecule has 100 valence electrons. The van der Waals surface area contributed by atoms with Crippen LogP contribution >= 0.6 is 0 Å². The van der Waals surface area contributed by atoms with Gasteiger partial charge in [-0.05, 0) is 44.7 Å². The lowest BCUT2D eigenvalue weighted by Gasteiger charge is -2.46. The highest BCUT2D eigenvalue weighted by Crippen LogP contribution is 2.44. The molecule has 2 atom stereocenters. The Morgan fingerprint density at radius 1 is 1.28 bits per heavy atom. The van der Waals surface area contributed by atoms with Crippen molar-refractivity contribution in [2.75, 3.05) is 13.2 Å². The molecule has 18 heavy (non-hydrogen) atoms. The summed E-state index contributed by atoms with van der Waals surface area (Å²) in [4.78, 5) is 0. The third-order valence-corrected chi connectivity index (χ3v) is 4.50. The summed E-state index contributed by atoms with van der Waals surface area (Å²) in [6, 6.07) is 10.8. The predicted molar refractivity (Wildman–Crippen MR) is 75.7 cm³/mol. The average molecular weight is 247 g/mol. The van der Waals surface area contributed by atoms with Crippen molar-refractivity contribution in [3.63, 3.8) is 0 Å². The van der Waals surface area contributed by atoms with Crippen LogP contribution in [0.25, 0.3) is 0 Å². The van der Waals surface area contributed by atoms with Gasteiger partial charge in [-0.25, -0.2) is 0 Å². The minimum atomic E-state index is 0.00324. The fourth-order valence-corrected chi connectivity index (χ4v) is 3.25. The molecule has 2 N–H and O–H groups in total. The van der Waals surface area contributed by atoms with Crippen LogP contribution in [0.5, 0.6) is 0 Å². The monoisotopic (exact) mass is 247 g/mol. The minimum absolute atomic E-state index is 0.00324. The van der Waals surface area contributed by atoms with Gasteiger partial charge in [0.2, 0.25) is 0 Å². The van der Waals surface area contributed by atoms with Crippen LogP contribution in [-0.4, -0.2) is 18.8 Å². The third kappa shape index (κ3) is 2.60. The average Bonchev–Trinajstić information content (AvgIpc) is 2.40. The Hall–Kier alpha value is -0.860. The maximum atomic E-state index is 6.00. The van der Waals surface area contributed by atoms with Gasteiger partial charge in [-0.15, -0.1) is 0 Å². The molecule has 1 saturated heterocycles. The molecule has 1 fully saturated rings. The Morgan fingerprint density at radius 2 is 2.00 bits per heavy atom. The molecule has 0 aromatic heterocycles. The van der Waals surface area contributed by atoms with Crippen molar-refractivity contribution in [2.24, 2.45) is 5.73 Å². The highest BCUT2D eigenvalue weighted by Gasteiger charge is 2.42. The molecule has 2 nitrogen and oxygen atoms in total. The van der Waals surface area contributed by atoms with E-state index in [9.17, 15) is 0 Å². The minimum Gasteiger partial charge on any atom is -0.375 e. The molecule has 0 saturated carbocycles. The number of hydrogen-bond acceptors (Lipinski definition) is 2. The summed E-state index contributed by atoms with van der Waals surface area (Å²) in [7, 11) is 0. The fourth-order valence-electron chi connectivity index (χ4n) is 3.25. The molecule has 0 aliphatic carbocycles. The molecule has 0 bridgehead atoms. The number of hydrogen-bond donors (Lipinski definition) is 1. The lowest BCUT2D eigenvalue weighted by atomic mass is 9.66. The van der Waals surface area contributed by atoms with E-state index >= 15 is 0 Å². The largest absolute Gasteiger partial charge is 0.375 e. The third-order valence-electron chi connectivity index (χ3n) is 4.50. The van der Waals surface area contributed by atoms with Crippen molar-refractivity contribution in [1.29, 1.82) is 0 Å². The molecule has 2 heteroatoms. The summed E-state index contributed by atoms with van der Waals surface area (Å²) in [5, 5.41) is 0. The van der Waals surface area contributed by atoms with Gasteiger partial charge in [0.25, 0.3) is 0 Å². The highest BCUT2D eigenvalue weighted by molar-refractivity contribution is 5.27. The predicted octanol–water partition coefficient (Wildman–Crippen LogP) is 3.25. The van der Waals surface area contributed by atoms with E-state index < -0.39 is 0 Å². The van der Waals surface area contributed by atoms with Crippen LogP contribution in [0, 0.1) is 0 Å². The Bertz CT molecular complexity index is 374. The molecular weight excluding hydrogens is 222 g/mol. The first kappa shape index (κ1) is 13.6. The van der Waals surface area contributed by atoms with Crippen molar-refractivity contribution in [2.45, 2.75) is 50.5 Å². The van der Waals surface area contributed by atoms with E-state index in [0.717, 1.165) is 38.8 Å². The van der Waals surface area contributed by atoms with E-state index in [-0.39, 0.29) is 11.0 Å². The first-order chi connectivity index (χ1) is 8.64. The van der Waals surface area contributed by atoms with Crippen LogP contribution in [0.2, 0.25) is 0 Å². The first-order valence-electron chi connectivity index (χ1n) is 7.04. The number of rotatable bonds is 4. The van der Waals surface area contributed by atoms with Gasteiger partial charge in [0.05, 0.1) is 5.60 Å². The molecule has 0 spiro atoms. The van der Waals surface area contributed by atoms with Gasteiger partial charge in [0, 0.05) is 12.0 Å². The second-order valence-electron chi connectivity index (χ2n) is 5.76. The Balaban J connectivity index is 2.32. The summed E-state index contributed by atoms with van der Waals surface area (Å²) >= 11 is 0. The van der Waals surface area contributed by atoms with E-state index in [1.54, 1.807) is 0 Å². The van der Waals surface area contributed by atoms with Crippen molar-refractivity contribution >= 4 is 0 Å². The van der Waals surface area contributed by atoms with E-state index in [0.29, 0.717) is 0 Å². The van der Waals surface area contributed by atoms with E-state index in [1.807, 2.05) is 0 Å². The standard InChI is InChI=1S/C16H25NO/c1-3-15(2)13-16(9-11-17,10-12-18-15)14-7-5-4-6-8-14/h4-8H,3,9-13,17H2,1-2H3. The maximum absolute atomic E-state index is 6.00. The fraction of sp³-hybridized carbons (Fsp3) is 0.625. The Labute approximate surface area is 111 Å². The maximum Gasteiger partial charge on any atom is 0.0660 e. The molecule has 0 radical (unpaired) electrons. The summed E-state index contributed by atoms with van der Waals surface area (Å²) in [6.45, 7) is 6.04. The number of nitrogens with two attached hydrogens (primary N) is 1. The van der Waals surface area contributed by atoms with Crippen LogP contribution in [0.4, 0.5) is 0 Å². The molecular formula is C16H25NO. The van der Waals surface area contributed by atoms with Gasteiger partial charge in [-0.1, -0.05) is 37.3 Å². The normalized spacial score (nSPS) is 32.4. The van der Waals surface area contributed by atoms with Crippen LogP contribution in [0.15, 0.2) is 30.3 Å².